The van der Waals surface area contributed by atoms with E-state index in [-0.39, 0.29) is 5.91 Å². The Morgan fingerprint density at radius 1 is 1.58 bits per heavy atom. The van der Waals surface area contributed by atoms with Crippen LogP contribution in [0.5, 0.6) is 0 Å². The van der Waals surface area contributed by atoms with Gasteiger partial charge in [0.25, 0.3) is 5.91 Å². The molecule has 0 saturated heterocycles. The highest BCUT2D eigenvalue weighted by Gasteiger charge is 2.18. The summed E-state index contributed by atoms with van der Waals surface area (Å²) in [5.41, 5.74) is 9.16. The number of nitrogens with zero attached hydrogens (tertiary/aromatic N) is 2. The second kappa shape index (κ2) is 5.91. The standard InChI is InChI=1S/C14H22N4O/c1-3-11-12(15)13(18(2)17-11)14(19)16-9-8-10-6-4-5-7-10/h6H,3-5,7-9,15H2,1-2H3,(H,16,19). The zero-order chi connectivity index (χ0) is 13.8. The number of nitrogen functional groups attached to an aromatic ring is 1. The smallest absolute Gasteiger partial charge is 0.271 e. The minimum absolute atomic E-state index is 0.134. The molecule has 3 N–H and O–H groups in total. The van der Waals surface area contributed by atoms with Gasteiger partial charge in [0.2, 0.25) is 0 Å². The van der Waals surface area contributed by atoms with E-state index in [1.165, 1.54) is 24.8 Å². The van der Waals surface area contributed by atoms with Crippen molar-refractivity contribution in [2.24, 2.45) is 7.05 Å². The number of carbonyl (C=O) groups is 1. The first-order chi connectivity index (χ1) is 9.13. The summed E-state index contributed by atoms with van der Waals surface area (Å²) in [4.78, 5) is 12.1. The number of anilines is 1. The van der Waals surface area contributed by atoms with Crippen molar-refractivity contribution < 1.29 is 4.79 Å². The average molecular weight is 262 g/mol. The van der Waals surface area contributed by atoms with E-state index in [4.69, 9.17) is 5.73 Å². The van der Waals surface area contributed by atoms with Crippen molar-refractivity contribution in [2.75, 3.05) is 12.3 Å². The summed E-state index contributed by atoms with van der Waals surface area (Å²) in [6, 6.07) is 0. The summed E-state index contributed by atoms with van der Waals surface area (Å²) in [5.74, 6) is -0.134. The maximum absolute atomic E-state index is 12.1. The summed E-state index contributed by atoms with van der Waals surface area (Å²) in [6.07, 6.45) is 7.54. The van der Waals surface area contributed by atoms with Crippen LogP contribution in [0.25, 0.3) is 0 Å². The lowest BCUT2D eigenvalue weighted by Crippen LogP contribution is -2.27. The number of carbonyl (C=O) groups excluding carboxylic acids is 1. The number of rotatable bonds is 5. The molecule has 0 saturated carbocycles. The Kier molecular flexibility index (Phi) is 4.24. The molecule has 5 nitrogen and oxygen atoms in total. The Hall–Kier alpha value is -1.78. The lowest BCUT2D eigenvalue weighted by Gasteiger charge is -2.06. The molecule has 0 bridgehead atoms. The molecular formula is C14H22N4O. The number of aryl methyl sites for hydroxylation is 2. The molecule has 0 atom stereocenters. The van der Waals surface area contributed by atoms with Crippen molar-refractivity contribution in [3.63, 3.8) is 0 Å². The van der Waals surface area contributed by atoms with E-state index >= 15 is 0 Å². The van der Waals surface area contributed by atoms with E-state index in [1.807, 2.05) is 6.92 Å². The number of hydrogen-bond donors (Lipinski definition) is 2. The molecule has 1 aromatic heterocycles. The van der Waals surface area contributed by atoms with Crippen LogP contribution in [-0.2, 0) is 13.5 Å². The summed E-state index contributed by atoms with van der Waals surface area (Å²) >= 11 is 0. The fourth-order valence-corrected chi connectivity index (χ4v) is 2.51. The molecule has 104 valence electrons. The van der Waals surface area contributed by atoms with E-state index in [2.05, 4.69) is 16.5 Å². The number of aromatic nitrogens is 2. The van der Waals surface area contributed by atoms with E-state index < -0.39 is 0 Å². The maximum atomic E-state index is 12.1. The van der Waals surface area contributed by atoms with Gasteiger partial charge in [-0.15, -0.1) is 0 Å². The summed E-state index contributed by atoms with van der Waals surface area (Å²) < 4.78 is 1.57. The fourth-order valence-electron chi connectivity index (χ4n) is 2.51. The van der Waals surface area contributed by atoms with Crippen LogP contribution < -0.4 is 11.1 Å². The molecular weight excluding hydrogens is 240 g/mol. The highest BCUT2D eigenvalue weighted by molar-refractivity contribution is 5.97. The SMILES string of the molecule is CCc1nn(C)c(C(=O)NCCC2=CCCC2)c1N. The molecule has 2 rings (SSSR count). The van der Waals surface area contributed by atoms with Crippen LogP contribution in [0.15, 0.2) is 11.6 Å². The third kappa shape index (κ3) is 2.97. The Bertz CT molecular complexity index is 502. The van der Waals surface area contributed by atoms with Crippen LogP contribution >= 0.6 is 0 Å². The van der Waals surface area contributed by atoms with Gasteiger partial charge in [-0.05, 0) is 32.1 Å². The summed E-state index contributed by atoms with van der Waals surface area (Å²) in [5, 5.41) is 7.18. The molecule has 0 aromatic carbocycles. The van der Waals surface area contributed by atoms with E-state index in [0.29, 0.717) is 17.9 Å². The maximum Gasteiger partial charge on any atom is 0.271 e. The molecule has 0 radical (unpaired) electrons. The highest BCUT2D eigenvalue weighted by atomic mass is 16.2. The van der Waals surface area contributed by atoms with Crippen LogP contribution in [-0.4, -0.2) is 22.2 Å². The quantitative estimate of drug-likeness (QED) is 0.795. The molecule has 19 heavy (non-hydrogen) atoms. The van der Waals surface area contributed by atoms with Crippen LogP contribution in [0.3, 0.4) is 0 Å². The van der Waals surface area contributed by atoms with Gasteiger partial charge in [-0.1, -0.05) is 18.6 Å². The van der Waals surface area contributed by atoms with Crippen molar-refractivity contribution in [1.29, 1.82) is 0 Å². The van der Waals surface area contributed by atoms with E-state index in [1.54, 1.807) is 11.7 Å². The van der Waals surface area contributed by atoms with Gasteiger partial charge in [-0.3, -0.25) is 9.48 Å². The lowest BCUT2D eigenvalue weighted by molar-refractivity contribution is 0.0945. The van der Waals surface area contributed by atoms with Crippen LogP contribution in [0, 0.1) is 0 Å². The van der Waals surface area contributed by atoms with Crippen LogP contribution in [0.2, 0.25) is 0 Å². The van der Waals surface area contributed by atoms with Gasteiger partial charge >= 0.3 is 0 Å². The Balaban J connectivity index is 1.94. The average Bonchev–Trinajstić information content (AvgIpc) is 2.97. The molecule has 0 fully saturated rings. The largest absolute Gasteiger partial charge is 0.395 e. The Morgan fingerprint density at radius 2 is 2.37 bits per heavy atom. The second-order valence-electron chi connectivity index (χ2n) is 4.95. The number of nitrogens with one attached hydrogen (secondary N) is 1. The first kappa shape index (κ1) is 13.6. The molecule has 1 aromatic rings. The number of nitrogens with two attached hydrogens (primary N) is 1. The van der Waals surface area contributed by atoms with E-state index in [9.17, 15) is 4.79 Å². The Morgan fingerprint density at radius 3 is 2.95 bits per heavy atom. The van der Waals surface area contributed by atoms with Gasteiger partial charge in [0.15, 0.2) is 0 Å². The zero-order valence-electron chi connectivity index (χ0n) is 11.7. The fraction of sp³-hybridized carbons (Fsp3) is 0.571. The summed E-state index contributed by atoms with van der Waals surface area (Å²) in [6.45, 7) is 2.64. The molecule has 0 spiro atoms. The van der Waals surface area contributed by atoms with Crippen LogP contribution in [0.1, 0.15) is 48.8 Å². The third-order valence-electron chi connectivity index (χ3n) is 3.58. The zero-order valence-corrected chi connectivity index (χ0v) is 11.7. The van der Waals surface area contributed by atoms with Gasteiger partial charge in [0.1, 0.15) is 5.69 Å². The minimum Gasteiger partial charge on any atom is -0.395 e. The number of hydrogen-bond acceptors (Lipinski definition) is 3. The molecule has 1 amide bonds. The monoisotopic (exact) mass is 262 g/mol. The summed E-state index contributed by atoms with van der Waals surface area (Å²) in [7, 11) is 1.75. The molecule has 1 aliphatic carbocycles. The van der Waals surface area contributed by atoms with E-state index in [0.717, 1.165) is 18.5 Å². The van der Waals surface area contributed by atoms with Crippen molar-refractivity contribution in [3.8, 4) is 0 Å². The van der Waals surface area contributed by atoms with Gasteiger partial charge in [0, 0.05) is 13.6 Å². The van der Waals surface area contributed by atoms with Gasteiger partial charge < -0.3 is 11.1 Å². The van der Waals surface area contributed by atoms with Gasteiger partial charge in [-0.25, -0.2) is 0 Å². The van der Waals surface area contributed by atoms with Crippen molar-refractivity contribution in [1.82, 2.24) is 15.1 Å². The van der Waals surface area contributed by atoms with Crippen molar-refractivity contribution >= 4 is 11.6 Å². The molecule has 0 unspecified atom stereocenters. The Labute approximate surface area is 113 Å². The normalized spacial score (nSPS) is 14.5. The second-order valence-corrected chi connectivity index (χ2v) is 4.95. The first-order valence-corrected chi connectivity index (χ1v) is 6.91. The van der Waals surface area contributed by atoms with Crippen molar-refractivity contribution in [2.45, 2.75) is 39.0 Å². The van der Waals surface area contributed by atoms with Gasteiger partial charge in [0.05, 0.1) is 11.4 Å². The number of allylic oxidation sites excluding steroid dienone is 1. The molecule has 5 heteroatoms. The lowest BCUT2D eigenvalue weighted by atomic mass is 10.1. The molecule has 1 heterocycles. The predicted octanol–water partition coefficient (Wildman–Crippen LogP) is 1.79. The highest BCUT2D eigenvalue weighted by Crippen LogP contribution is 2.20. The molecule has 1 aliphatic rings. The minimum atomic E-state index is -0.134. The first-order valence-electron chi connectivity index (χ1n) is 6.91. The predicted molar refractivity (Wildman–Crippen MR) is 75.9 cm³/mol. The topological polar surface area (TPSA) is 72.9 Å². The third-order valence-corrected chi connectivity index (χ3v) is 3.58. The molecule has 0 aliphatic heterocycles. The van der Waals surface area contributed by atoms with Crippen molar-refractivity contribution in [3.05, 3.63) is 23.0 Å². The van der Waals surface area contributed by atoms with Gasteiger partial charge in [-0.2, -0.15) is 5.10 Å². The number of amides is 1. The van der Waals surface area contributed by atoms with Crippen LogP contribution in [0.4, 0.5) is 5.69 Å².